The molecule has 1 heterocycles. The number of aromatic nitrogens is 1. The minimum absolute atomic E-state index is 0.283. The van der Waals surface area contributed by atoms with Crippen molar-refractivity contribution in [3.63, 3.8) is 0 Å². The smallest absolute Gasteiger partial charge is 0.305 e. The number of rotatable bonds is 6. The normalized spacial score (nSPS) is 11.8. The van der Waals surface area contributed by atoms with Crippen LogP contribution < -0.4 is 0 Å². The molecular formula is C15H17ClNO3P. The van der Waals surface area contributed by atoms with Crippen molar-refractivity contribution >= 4 is 35.4 Å². The van der Waals surface area contributed by atoms with Crippen molar-refractivity contribution < 1.29 is 13.6 Å². The van der Waals surface area contributed by atoms with Crippen LogP contribution in [0.5, 0.6) is 0 Å². The number of hydrogen-bond acceptors (Lipinski definition) is 4. The topological polar surface area (TPSA) is 48.4 Å². The van der Waals surface area contributed by atoms with Crippen molar-refractivity contribution in [1.82, 2.24) is 4.98 Å². The number of fused-ring (bicyclic) bond motifs is 1. The van der Waals surface area contributed by atoms with E-state index in [0.29, 0.717) is 21.4 Å². The maximum Gasteiger partial charge on any atom is 0.361 e. The lowest BCUT2D eigenvalue weighted by Gasteiger charge is -2.20. The van der Waals surface area contributed by atoms with Crippen LogP contribution in [0.3, 0.4) is 0 Å². The van der Waals surface area contributed by atoms with E-state index in [1.165, 1.54) is 0 Å². The molecule has 2 rings (SSSR count). The predicted octanol–water partition coefficient (Wildman–Crippen LogP) is 5.13. The quantitative estimate of drug-likeness (QED) is 0.691. The lowest BCUT2D eigenvalue weighted by atomic mass is 10.1. The molecule has 0 radical (unpaired) electrons. The highest BCUT2D eigenvalue weighted by molar-refractivity contribution is 7.65. The molecule has 0 fully saturated rings. The van der Waals surface area contributed by atoms with Crippen molar-refractivity contribution in [1.29, 1.82) is 0 Å². The van der Waals surface area contributed by atoms with E-state index in [0.717, 1.165) is 5.39 Å². The van der Waals surface area contributed by atoms with Gasteiger partial charge in [-0.3, -0.25) is 9.55 Å². The summed E-state index contributed by atoms with van der Waals surface area (Å²) < 4.78 is 23.5. The Morgan fingerprint density at radius 2 is 1.95 bits per heavy atom. The first-order valence-electron chi connectivity index (χ1n) is 6.65. The number of benzene rings is 1. The van der Waals surface area contributed by atoms with Crippen LogP contribution in [-0.2, 0) is 13.6 Å². The van der Waals surface area contributed by atoms with Gasteiger partial charge in [0.05, 0.1) is 24.0 Å². The average Bonchev–Trinajstić information content (AvgIpc) is 2.46. The van der Waals surface area contributed by atoms with Gasteiger partial charge >= 0.3 is 7.60 Å². The molecule has 0 saturated heterocycles. The van der Waals surface area contributed by atoms with Crippen LogP contribution >= 0.6 is 19.2 Å². The molecule has 0 aliphatic carbocycles. The molecule has 0 spiro atoms. The van der Waals surface area contributed by atoms with Gasteiger partial charge in [-0.25, -0.2) is 0 Å². The molecule has 112 valence electrons. The zero-order valence-corrected chi connectivity index (χ0v) is 13.7. The fourth-order valence-electron chi connectivity index (χ4n) is 2.05. The van der Waals surface area contributed by atoms with Crippen LogP contribution in [0.2, 0.25) is 5.02 Å². The van der Waals surface area contributed by atoms with E-state index in [9.17, 15) is 4.57 Å². The van der Waals surface area contributed by atoms with Gasteiger partial charge in [0.2, 0.25) is 0 Å². The summed E-state index contributed by atoms with van der Waals surface area (Å²) in [5, 5.41) is 1.74. The predicted molar refractivity (Wildman–Crippen MR) is 86.6 cm³/mol. The molecule has 0 amide bonds. The molecule has 0 atom stereocenters. The van der Waals surface area contributed by atoms with Gasteiger partial charge in [-0.05, 0) is 32.0 Å². The van der Waals surface area contributed by atoms with E-state index in [4.69, 9.17) is 20.6 Å². The maximum atomic E-state index is 12.8. The molecule has 4 nitrogen and oxygen atoms in total. The Hall–Kier alpha value is -1.19. The van der Waals surface area contributed by atoms with Gasteiger partial charge in [0.25, 0.3) is 0 Å². The van der Waals surface area contributed by atoms with Crippen LogP contribution in [0.25, 0.3) is 16.2 Å². The van der Waals surface area contributed by atoms with E-state index in [1.807, 2.05) is 6.07 Å². The molecule has 0 unspecified atom stereocenters. The van der Waals surface area contributed by atoms with Gasteiger partial charge in [0, 0.05) is 22.2 Å². The number of pyridine rings is 1. The van der Waals surface area contributed by atoms with E-state index in [-0.39, 0.29) is 13.2 Å². The highest BCUT2D eigenvalue weighted by Gasteiger charge is 2.30. The highest BCUT2D eigenvalue weighted by Crippen LogP contribution is 2.60. The zero-order valence-electron chi connectivity index (χ0n) is 12.0. The monoisotopic (exact) mass is 325 g/mol. The van der Waals surface area contributed by atoms with Crippen molar-refractivity contribution in [2.45, 2.75) is 13.8 Å². The molecule has 21 heavy (non-hydrogen) atoms. The van der Waals surface area contributed by atoms with Crippen LogP contribution in [0.15, 0.2) is 37.0 Å². The molecule has 0 saturated carbocycles. The second kappa shape index (κ2) is 6.71. The van der Waals surface area contributed by atoms with Crippen LogP contribution in [0.4, 0.5) is 0 Å². The van der Waals surface area contributed by atoms with Gasteiger partial charge in [0.1, 0.15) is 0 Å². The summed E-state index contributed by atoms with van der Waals surface area (Å²) in [6.07, 6.45) is 1.63. The van der Waals surface area contributed by atoms with Crippen LogP contribution in [0.1, 0.15) is 19.4 Å². The molecule has 1 aromatic heterocycles. The van der Waals surface area contributed by atoms with E-state index in [1.54, 1.807) is 38.2 Å². The van der Waals surface area contributed by atoms with Crippen molar-refractivity contribution in [2.24, 2.45) is 0 Å². The summed E-state index contributed by atoms with van der Waals surface area (Å²) in [5.74, 6) is 0. The van der Waals surface area contributed by atoms with Crippen LogP contribution in [0, 0.1) is 0 Å². The molecule has 6 heteroatoms. The second-order valence-corrected chi connectivity index (χ2v) is 6.79. The molecule has 0 aliphatic rings. The standard InChI is InChI=1S/C15H17ClNO3P/c1-4-19-21(18,20-5-2)11(3)13-8-9-17-15-10-12(16)6-7-14(13)15/h6-10H,3-5H2,1-2H3. The third-order valence-corrected chi connectivity index (χ3v) is 5.28. The summed E-state index contributed by atoms with van der Waals surface area (Å²) >= 11 is 5.97. The Kier molecular flexibility index (Phi) is 5.17. The Morgan fingerprint density at radius 3 is 2.57 bits per heavy atom. The van der Waals surface area contributed by atoms with Gasteiger partial charge in [-0.2, -0.15) is 0 Å². The summed E-state index contributed by atoms with van der Waals surface area (Å²) in [5.41, 5.74) is 1.41. The molecule has 0 N–H and O–H groups in total. The summed E-state index contributed by atoms with van der Waals surface area (Å²) in [7, 11) is -3.40. The molecule has 1 aromatic carbocycles. The van der Waals surface area contributed by atoms with E-state index >= 15 is 0 Å². The van der Waals surface area contributed by atoms with Crippen LogP contribution in [-0.4, -0.2) is 18.2 Å². The summed E-state index contributed by atoms with van der Waals surface area (Å²) in [6, 6.07) is 7.09. The summed E-state index contributed by atoms with van der Waals surface area (Å²) in [4.78, 5) is 4.26. The third kappa shape index (κ3) is 3.35. The number of halogens is 1. The van der Waals surface area contributed by atoms with Gasteiger partial charge in [-0.1, -0.05) is 24.2 Å². The maximum absolute atomic E-state index is 12.8. The second-order valence-electron chi connectivity index (χ2n) is 4.30. The van der Waals surface area contributed by atoms with Gasteiger partial charge in [0.15, 0.2) is 0 Å². The first-order valence-corrected chi connectivity index (χ1v) is 8.57. The highest BCUT2D eigenvalue weighted by atomic mass is 35.5. The molecule has 2 aromatic rings. The van der Waals surface area contributed by atoms with Crippen molar-refractivity contribution in [3.8, 4) is 0 Å². The molecular weight excluding hydrogens is 309 g/mol. The number of nitrogens with zero attached hydrogens (tertiary/aromatic N) is 1. The largest absolute Gasteiger partial charge is 0.361 e. The average molecular weight is 326 g/mol. The minimum atomic E-state index is -3.40. The first kappa shape index (κ1) is 16.2. The third-order valence-electron chi connectivity index (χ3n) is 2.94. The molecule has 0 aliphatic heterocycles. The van der Waals surface area contributed by atoms with Gasteiger partial charge < -0.3 is 9.05 Å². The lowest BCUT2D eigenvalue weighted by Crippen LogP contribution is -1.99. The first-order chi connectivity index (χ1) is 10.0. The van der Waals surface area contributed by atoms with E-state index in [2.05, 4.69) is 11.6 Å². The Morgan fingerprint density at radius 1 is 1.29 bits per heavy atom. The number of hydrogen-bond donors (Lipinski definition) is 0. The minimum Gasteiger partial charge on any atom is -0.305 e. The Labute approximate surface area is 129 Å². The summed E-state index contributed by atoms with van der Waals surface area (Å²) in [6.45, 7) is 8.03. The lowest BCUT2D eigenvalue weighted by molar-refractivity contribution is 0.231. The fraction of sp³-hybridized carbons (Fsp3) is 0.267. The van der Waals surface area contributed by atoms with Gasteiger partial charge in [-0.15, -0.1) is 0 Å². The SMILES string of the molecule is C=C(c1ccnc2cc(Cl)ccc12)P(=O)(OCC)OCC. The Balaban J connectivity index is 2.55. The van der Waals surface area contributed by atoms with E-state index < -0.39 is 7.60 Å². The Bertz CT molecular complexity index is 707. The van der Waals surface area contributed by atoms with Crippen molar-refractivity contribution in [2.75, 3.05) is 13.2 Å². The molecule has 0 bridgehead atoms. The van der Waals surface area contributed by atoms with Crippen molar-refractivity contribution in [3.05, 3.63) is 47.6 Å². The fourth-order valence-corrected chi connectivity index (χ4v) is 3.78. The zero-order chi connectivity index (χ0) is 15.5.